The molecule has 2 aromatic heterocycles. The fourth-order valence-corrected chi connectivity index (χ4v) is 5.08. The number of aliphatic imine (C=N–C) groups is 1. The Kier molecular flexibility index (Phi) is 5.11. The van der Waals surface area contributed by atoms with Gasteiger partial charge < -0.3 is 0 Å². The molecule has 0 radical (unpaired) electrons. The first kappa shape index (κ1) is 19.0. The molecular weight excluding hydrogens is 408 g/mol. The van der Waals surface area contributed by atoms with E-state index in [1.807, 2.05) is 18.3 Å². The second-order valence-electron chi connectivity index (χ2n) is 7.05. The SMILES string of the molecule is Cc1ccc(Sc2ncnc3c2N=C(c2cccnc2)c2cc(C)ccc2S3)cc1. The molecule has 4 nitrogen and oxygen atoms in total. The number of hydrogen-bond donors (Lipinski definition) is 0. The summed E-state index contributed by atoms with van der Waals surface area (Å²) >= 11 is 3.25. The van der Waals surface area contributed by atoms with E-state index in [9.17, 15) is 0 Å². The van der Waals surface area contributed by atoms with Crippen molar-refractivity contribution in [3.05, 3.63) is 95.6 Å². The molecule has 0 atom stereocenters. The van der Waals surface area contributed by atoms with Crippen LogP contribution in [-0.2, 0) is 0 Å². The maximum Gasteiger partial charge on any atom is 0.131 e. The Hall–Kier alpha value is -2.96. The van der Waals surface area contributed by atoms with Crippen molar-refractivity contribution < 1.29 is 0 Å². The summed E-state index contributed by atoms with van der Waals surface area (Å²) in [5, 5.41) is 1.71. The molecule has 1 aliphatic rings. The number of pyridine rings is 1. The van der Waals surface area contributed by atoms with Crippen LogP contribution in [0.5, 0.6) is 0 Å². The van der Waals surface area contributed by atoms with Crippen molar-refractivity contribution in [3.63, 3.8) is 0 Å². The van der Waals surface area contributed by atoms with Gasteiger partial charge in [0.15, 0.2) is 0 Å². The third-order valence-electron chi connectivity index (χ3n) is 4.75. The number of hydrogen-bond acceptors (Lipinski definition) is 6. The zero-order valence-electron chi connectivity index (χ0n) is 16.5. The first-order valence-electron chi connectivity index (χ1n) is 9.55. The third kappa shape index (κ3) is 3.76. The smallest absolute Gasteiger partial charge is 0.131 e. The van der Waals surface area contributed by atoms with Gasteiger partial charge in [0.2, 0.25) is 0 Å². The lowest BCUT2D eigenvalue weighted by Crippen LogP contribution is -2.05. The molecule has 0 saturated heterocycles. The molecule has 0 saturated carbocycles. The maximum atomic E-state index is 5.12. The van der Waals surface area contributed by atoms with E-state index in [-0.39, 0.29) is 0 Å². The van der Waals surface area contributed by atoms with E-state index >= 15 is 0 Å². The summed E-state index contributed by atoms with van der Waals surface area (Å²) in [6, 6.07) is 18.9. The molecule has 1 aliphatic heterocycles. The van der Waals surface area contributed by atoms with Crippen molar-refractivity contribution in [2.75, 3.05) is 0 Å². The number of benzene rings is 2. The third-order valence-corrected chi connectivity index (χ3v) is 6.81. The first-order valence-corrected chi connectivity index (χ1v) is 11.2. The molecule has 6 heteroatoms. The van der Waals surface area contributed by atoms with Crippen LogP contribution < -0.4 is 0 Å². The van der Waals surface area contributed by atoms with E-state index in [0.29, 0.717) is 0 Å². The van der Waals surface area contributed by atoms with Gasteiger partial charge in [0.05, 0.1) is 5.71 Å². The summed E-state index contributed by atoms with van der Waals surface area (Å²) in [6.45, 7) is 4.19. The molecule has 2 aromatic carbocycles. The lowest BCUT2D eigenvalue weighted by atomic mass is 10.0. The van der Waals surface area contributed by atoms with Gasteiger partial charge in [0.25, 0.3) is 0 Å². The highest BCUT2D eigenvalue weighted by molar-refractivity contribution is 8.00. The monoisotopic (exact) mass is 426 g/mol. The minimum Gasteiger partial charge on any atom is -0.264 e. The highest BCUT2D eigenvalue weighted by Gasteiger charge is 2.23. The summed E-state index contributed by atoms with van der Waals surface area (Å²) < 4.78 is 0. The van der Waals surface area contributed by atoms with Crippen LogP contribution in [0, 0.1) is 13.8 Å². The van der Waals surface area contributed by atoms with Crippen molar-refractivity contribution in [1.82, 2.24) is 15.0 Å². The van der Waals surface area contributed by atoms with Crippen molar-refractivity contribution in [2.45, 2.75) is 33.7 Å². The Morgan fingerprint density at radius 2 is 1.73 bits per heavy atom. The van der Waals surface area contributed by atoms with Gasteiger partial charge in [-0.05, 0) is 50.2 Å². The Balaban J connectivity index is 1.69. The molecule has 0 amide bonds. The minimum absolute atomic E-state index is 0.806. The van der Waals surface area contributed by atoms with Crippen molar-refractivity contribution >= 4 is 34.9 Å². The quantitative estimate of drug-likeness (QED) is 0.318. The summed E-state index contributed by atoms with van der Waals surface area (Å²) in [5.41, 5.74) is 6.20. The fraction of sp³-hybridized carbons (Fsp3) is 0.0833. The minimum atomic E-state index is 0.806. The van der Waals surface area contributed by atoms with E-state index in [2.05, 4.69) is 71.3 Å². The number of rotatable bonds is 3. The molecule has 3 heterocycles. The van der Waals surface area contributed by atoms with Crippen LogP contribution in [0.25, 0.3) is 0 Å². The van der Waals surface area contributed by atoms with Crippen LogP contribution in [0.1, 0.15) is 22.3 Å². The highest BCUT2D eigenvalue weighted by Crippen LogP contribution is 2.44. The lowest BCUT2D eigenvalue weighted by Gasteiger charge is -2.09. The van der Waals surface area contributed by atoms with Gasteiger partial charge in [-0.1, -0.05) is 52.8 Å². The molecule has 146 valence electrons. The molecular formula is C24H18N4S2. The predicted octanol–water partition coefficient (Wildman–Crippen LogP) is 6.27. The van der Waals surface area contributed by atoms with Gasteiger partial charge in [-0.15, -0.1) is 0 Å². The van der Waals surface area contributed by atoms with Gasteiger partial charge in [-0.3, -0.25) is 4.98 Å². The zero-order valence-corrected chi connectivity index (χ0v) is 18.2. The molecule has 0 N–H and O–H groups in total. The van der Waals surface area contributed by atoms with Gasteiger partial charge in [-0.2, -0.15) is 0 Å². The van der Waals surface area contributed by atoms with Crippen LogP contribution in [0.2, 0.25) is 0 Å². The summed E-state index contributed by atoms with van der Waals surface area (Å²) in [7, 11) is 0. The molecule has 5 rings (SSSR count). The molecule has 0 spiro atoms. The van der Waals surface area contributed by atoms with Crippen molar-refractivity contribution in [2.24, 2.45) is 4.99 Å². The van der Waals surface area contributed by atoms with E-state index in [4.69, 9.17) is 4.99 Å². The average molecular weight is 427 g/mol. The Morgan fingerprint density at radius 1 is 0.900 bits per heavy atom. The molecule has 0 aliphatic carbocycles. The lowest BCUT2D eigenvalue weighted by molar-refractivity contribution is 0.961. The molecule has 30 heavy (non-hydrogen) atoms. The highest BCUT2D eigenvalue weighted by atomic mass is 32.2. The van der Waals surface area contributed by atoms with Gasteiger partial charge in [-0.25, -0.2) is 15.0 Å². The van der Waals surface area contributed by atoms with E-state index in [0.717, 1.165) is 42.4 Å². The van der Waals surface area contributed by atoms with Gasteiger partial charge >= 0.3 is 0 Å². The second-order valence-corrected chi connectivity index (χ2v) is 9.14. The summed E-state index contributed by atoms with van der Waals surface area (Å²) in [5.74, 6) is 0. The number of fused-ring (bicyclic) bond motifs is 2. The van der Waals surface area contributed by atoms with Gasteiger partial charge in [0, 0.05) is 33.3 Å². The Bertz CT molecular complexity index is 1250. The predicted molar refractivity (Wildman–Crippen MR) is 122 cm³/mol. The standard InChI is InChI=1S/C24H18N4S2/c1-15-5-8-18(9-6-15)29-23-22-24(27-14-26-23)30-20-10-7-16(2)12-19(20)21(28-22)17-4-3-11-25-13-17/h3-14H,1-2H3. The number of aromatic nitrogens is 3. The average Bonchev–Trinajstić information content (AvgIpc) is 2.93. The topological polar surface area (TPSA) is 51.0 Å². The van der Waals surface area contributed by atoms with E-state index in [1.165, 1.54) is 11.1 Å². The van der Waals surface area contributed by atoms with Crippen LogP contribution in [0.4, 0.5) is 5.69 Å². The summed E-state index contributed by atoms with van der Waals surface area (Å²) in [4.78, 5) is 20.8. The largest absolute Gasteiger partial charge is 0.264 e. The molecule has 0 bridgehead atoms. The molecule has 0 fully saturated rings. The normalized spacial score (nSPS) is 12.5. The van der Waals surface area contributed by atoms with Crippen molar-refractivity contribution in [1.29, 1.82) is 0 Å². The van der Waals surface area contributed by atoms with E-state index < -0.39 is 0 Å². The van der Waals surface area contributed by atoms with E-state index in [1.54, 1.807) is 36.0 Å². The zero-order chi connectivity index (χ0) is 20.5. The maximum absolute atomic E-state index is 5.12. The van der Waals surface area contributed by atoms with Crippen LogP contribution >= 0.6 is 23.5 Å². The Labute approximate surface area is 183 Å². The summed E-state index contributed by atoms with van der Waals surface area (Å²) in [6.07, 6.45) is 5.26. The van der Waals surface area contributed by atoms with Crippen LogP contribution in [0.15, 0.2) is 98.2 Å². The van der Waals surface area contributed by atoms with Crippen LogP contribution in [0.3, 0.4) is 0 Å². The number of nitrogens with zero attached hydrogens (tertiary/aromatic N) is 4. The number of aryl methyl sites for hydroxylation is 2. The van der Waals surface area contributed by atoms with Crippen molar-refractivity contribution in [3.8, 4) is 0 Å². The first-order chi connectivity index (χ1) is 14.7. The molecule has 0 unspecified atom stereocenters. The molecule has 4 aromatic rings. The Morgan fingerprint density at radius 3 is 2.53 bits per heavy atom. The fourth-order valence-electron chi connectivity index (χ4n) is 3.23. The second kappa shape index (κ2) is 8.05. The van der Waals surface area contributed by atoms with Crippen LogP contribution in [-0.4, -0.2) is 20.7 Å². The van der Waals surface area contributed by atoms with Gasteiger partial charge in [0.1, 0.15) is 22.1 Å².